The van der Waals surface area contributed by atoms with E-state index in [1.54, 1.807) is 6.07 Å². The zero-order chi connectivity index (χ0) is 9.14. The first-order chi connectivity index (χ1) is 5.65. The third-order valence-corrected chi connectivity index (χ3v) is 1.48. The second kappa shape index (κ2) is 3.19. The fourth-order valence-corrected chi connectivity index (χ4v) is 0.846. The second-order valence-electron chi connectivity index (χ2n) is 2.34. The van der Waals surface area contributed by atoms with Crippen molar-refractivity contribution in [1.82, 2.24) is 4.98 Å². The maximum atomic E-state index is 11.1. The van der Waals surface area contributed by atoms with Gasteiger partial charge in [0.05, 0.1) is 5.56 Å². The van der Waals surface area contributed by atoms with E-state index < -0.39 is 0 Å². The Hall–Kier alpha value is -1.62. The molecule has 0 amide bonds. The molecule has 0 saturated heterocycles. The van der Waals surface area contributed by atoms with Crippen LogP contribution in [0.1, 0.15) is 11.3 Å². The molecule has 0 bridgehead atoms. The molecule has 0 saturated carbocycles. The molecule has 0 unspecified atom stereocenters. The average molecular weight is 166 g/mol. The number of hydrogen-bond acceptors (Lipinski definition) is 3. The van der Waals surface area contributed by atoms with Gasteiger partial charge >= 0.3 is 0 Å². The third kappa shape index (κ3) is 1.51. The molecule has 0 radical (unpaired) electrons. The summed E-state index contributed by atoms with van der Waals surface area (Å²) in [5.74, 6) is -0.236. The lowest BCUT2D eigenvalue weighted by Crippen LogP contribution is -2.24. The molecular formula is C7H10N4O. The van der Waals surface area contributed by atoms with Crippen LogP contribution in [0.4, 0.5) is 0 Å². The van der Waals surface area contributed by atoms with E-state index in [2.05, 4.69) is 4.98 Å². The highest BCUT2D eigenvalue weighted by Gasteiger charge is 2.01. The van der Waals surface area contributed by atoms with Crippen LogP contribution < -0.4 is 17.0 Å². The Morgan fingerprint density at radius 1 is 1.58 bits per heavy atom. The minimum absolute atomic E-state index is 0.173. The summed E-state index contributed by atoms with van der Waals surface area (Å²) in [4.78, 5) is 13.6. The van der Waals surface area contributed by atoms with Crippen LogP contribution in [0.25, 0.3) is 0 Å². The SMILES string of the molecule is N=C(N)c1ccc(CN)[nH]c1=O. The minimum Gasteiger partial charge on any atom is -0.384 e. The van der Waals surface area contributed by atoms with Gasteiger partial charge in [0.2, 0.25) is 0 Å². The van der Waals surface area contributed by atoms with Crippen LogP contribution in [0.3, 0.4) is 0 Å². The molecule has 5 heteroatoms. The van der Waals surface area contributed by atoms with Crippen LogP contribution in [0.15, 0.2) is 16.9 Å². The van der Waals surface area contributed by atoms with Gasteiger partial charge < -0.3 is 16.5 Å². The molecule has 5 nitrogen and oxygen atoms in total. The lowest BCUT2D eigenvalue weighted by molar-refractivity contribution is 0.970. The molecule has 6 N–H and O–H groups in total. The lowest BCUT2D eigenvalue weighted by Gasteiger charge is -1.98. The molecule has 0 fully saturated rings. The molecule has 1 aromatic rings. The van der Waals surface area contributed by atoms with Gasteiger partial charge in [0.15, 0.2) is 0 Å². The topological polar surface area (TPSA) is 109 Å². The van der Waals surface area contributed by atoms with Gasteiger partial charge in [0.25, 0.3) is 5.56 Å². The monoisotopic (exact) mass is 166 g/mol. The average Bonchev–Trinajstić information content (AvgIpc) is 2.03. The maximum absolute atomic E-state index is 11.1. The van der Waals surface area contributed by atoms with E-state index in [1.165, 1.54) is 6.07 Å². The van der Waals surface area contributed by atoms with Crippen LogP contribution in [-0.2, 0) is 6.54 Å². The molecule has 0 aliphatic heterocycles. The van der Waals surface area contributed by atoms with E-state index in [1.807, 2.05) is 0 Å². The zero-order valence-corrected chi connectivity index (χ0v) is 6.42. The van der Waals surface area contributed by atoms with Gasteiger partial charge in [0, 0.05) is 12.2 Å². The highest BCUT2D eigenvalue weighted by atomic mass is 16.1. The molecule has 0 spiro atoms. The lowest BCUT2D eigenvalue weighted by atomic mass is 10.2. The summed E-state index contributed by atoms with van der Waals surface area (Å²) in [6, 6.07) is 3.13. The van der Waals surface area contributed by atoms with Gasteiger partial charge in [0.1, 0.15) is 5.84 Å². The summed E-state index contributed by atoms with van der Waals surface area (Å²) in [6.07, 6.45) is 0. The standard InChI is InChI=1S/C7H10N4O/c8-3-4-1-2-5(6(9)10)7(12)11-4/h1-2H,3,8H2,(H3,9,10)(H,11,12). The van der Waals surface area contributed by atoms with Crippen LogP contribution in [-0.4, -0.2) is 10.8 Å². The fourth-order valence-electron chi connectivity index (χ4n) is 0.846. The molecule has 64 valence electrons. The molecule has 1 aromatic heterocycles. The number of H-pyrrole nitrogens is 1. The number of rotatable bonds is 2. The Labute approximate surface area is 68.9 Å². The Morgan fingerprint density at radius 3 is 2.67 bits per heavy atom. The molecule has 0 aliphatic rings. The summed E-state index contributed by atoms with van der Waals surface area (Å²) in [5, 5.41) is 7.03. The van der Waals surface area contributed by atoms with Crippen molar-refractivity contribution in [2.45, 2.75) is 6.54 Å². The molecule has 0 aliphatic carbocycles. The molecule has 1 heterocycles. The Balaban J connectivity index is 3.21. The summed E-state index contributed by atoms with van der Waals surface area (Å²) >= 11 is 0. The van der Waals surface area contributed by atoms with E-state index >= 15 is 0 Å². The van der Waals surface area contributed by atoms with Crippen LogP contribution in [0, 0.1) is 5.41 Å². The maximum Gasteiger partial charge on any atom is 0.259 e. The first-order valence-corrected chi connectivity index (χ1v) is 3.42. The third-order valence-electron chi connectivity index (χ3n) is 1.48. The van der Waals surface area contributed by atoms with Gasteiger partial charge in [-0.3, -0.25) is 10.2 Å². The first kappa shape index (κ1) is 8.48. The molecular weight excluding hydrogens is 156 g/mol. The van der Waals surface area contributed by atoms with Gasteiger partial charge in [-0.15, -0.1) is 0 Å². The van der Waals surface area contributed by atoms with Crippen LogP contribution >= 0.6 is 0 Å². The minimum atomic E-state index is -0.370. The van der Waals surface area contributed by atoms with Crippen molar-refractivity contribution in [3.05, 3.63) is 33.7 Å². The van der Waals surface area contributed by atoms with Gasteiger partial charge in [-0.25, -0.2) is 0 Å². The summed E-state index contributed by atoms with van der Waals surface area (Å²) in [6.45, 7) is 0.271. The van der Waals surface area contributed by atoms with E-state index in [4.69, 9.17) is 16.9 Å². The van der Waals surface area contributed by atoms with Crippen LogP contribution in [0.2, 0.25) is 0 Å². The molecule has 12 heavy (non-hydrogen) atoms. The number of aromatic amines is 1. The normalized spacial score (nSPS) is 9.75. The quantitative estimate of drug-likeness (QED) is 0.338. The summed E-state index contributed by atoms with van der Waals surface area (Å²) in [5.41, 5.74) is 10.9. The highest BCUT2D eigenvalue weighted by Crippen LogP contribution is 1.92. The van der Waals surface area contributed by atoms with Crippen molar-refractivity contribution in [3.8, 4) is 0 Å². The summed E-state index contributed by atoms with van der Waals surface area (Å²) < 4.78 is 0. The van der Waals surface area contributed by atoms with Crippen molar-refractivity contribution < 1.29 is 0 Å². The van der Waals surface area contributed by atoms with Crippen molar-refractivity contribution in [2.24, 2.45) is 11.5 Å². The second-order valence-corrected chi connectivity index (χ2v) is 2.34. The molecule has 1 rings (SSSR count). The summed E-state index contributed by atoms with van der Waals surface area (Å²) in [7, 11) is 0. The zero-order valence-electron chi connectivity index (χ0n) is 6.42. The van der Waals surface area contributed by atoms with Crippen molar-refractivity contribution in [1.29, 1.82) is 5.41 Å². The smallest absolute Gasteiger partial charge is 0.259 e. The number of hydrogen-bond donors (Lipinski definition) is 4. The Bertz CT molecular complexity index is 355. The van der Waals surface area contributed by atoms with Crippen LogP contribution in [0.5, 0.6) is 0 Å². The highest BCUT2D eigenvalue weighted by molar-refractivity contribution is 5.94. The van der Waals surface area contributed by atoms with Crippen molar-refractivity contribution >= 4 is 5.84 Å². The first-order valence-electron chi connectivity index (χ1n) is 3.42. The Morgan fingerprint density at radius 2 is 2.25 bits per heavy atom. The van der Waals surface area contributed by atoms with Crippen molar-refractivity contribution in [3.63, 3.8) is 0 Å². The van der Waals surface area contributed by atoms with Crippen molar-refractivity contribution in [2.75, 3.05) is 0 Å². The molecule has 0 atom stereocenters. The number of aromatic nitrogens is 1. The predicted octanol–water partition coefficient (Wildman–Crippen LogP) is -0.882. The van der Waals surface area contributed by atoms with E-state index in [-0.39, 0.29) is 23.5 Å². The van der Waals surface area contributed by atoms with E-state index in [0.717, 1.165) is 0 Å². The Kier molecular flexibility index (Phi) is 2.25. The van der Waals surface area contributed by atoms with E-state index in [0.29, 0.717) is 5.69 Å². The fraction of sp³-hybridized carbons (Fsp3) is 0.143. The van der Waals surface area contributed by atoms with E-state index in [9.17, 15) is 4.79 Å². The number of nitrogens with one attached hydrogen (secondary N) is 2. The number of nitrogen functional groups attached to an aromatic ring is 1. The largest absolute Gasteiger partial charge is 0.384 e. The number of nitrogens with two attached hydrogens (primary N) is 2. The number of amidine groups is 1. The molecule has 0 aromatic carbocycles. The predicted molar refractivity (Wildman–Crippen MR) is 46.0 cm³/mol. The van der Waals surface area contributed by atoms with Gasteiger partial charge in [-0.05, 0) is 12.1 Å². The number of pyridine rings is 1. The van der Waals surface area contributed by atoms with Gasteiger partial charge in [-0.1, -0.05) is 0 Å². The van der Waals surface area contributed by atoms with Gasteiger partial charge in [-0.2, -0.15) is 0 Å².